The Kier molecular flexibility index (Phi) is 39.5. The van der Waals surface area contributed by atoms with Gasteiger partial charge < -0.3 is 31.6 Å². The minimum Gasteiger partial charge on any atom is -0.379 e. The molecule has 11 heteroatoms. The van der Waals surface area contributed by atoms with Crippen molar-refractivity contribution in [2.24, 2.45) is 27.8 Å². The lowest BCUT2D eigenvalue weighted by atomic mass is 9.87. The van der Waals surface area contributed by atoms with E-state index < -0.39 is 17.2 Å². The van der Waals surface area contributed by atoms with Crippen LogP contribution in [-0.2, 0) is 30.3 Å². The van der Waals surface area contributed by atoms with Crippen molar-refractivity contribution >= 4 is 36.3 Å². The number of nitrogens with two attached hydrogens (primary N) is 2. The number of alkyl halides is 1. The first-order valence-corrected chi connectivity index (χ1v) is 20.3. The Morgan fingerprint density at radius 1 is 0.965 bits per heavy atom. The Balaban J connectivity index is -0.000000271. The molecule has 57 heavy (non-hydrogen) atoms. The molecular weight excluding hydrogens is 722 g/mol. The molecule has 0 aromatic heterocycles. The van der Waals surface area contributed by atoms with Gasteiger partial charge in [0.15, 0.2) is 0 Å². The van der Waals surface area contributed by atoms with Crippen LogP contribution in [0.4, 0.5) is 4.39 Å². The van der Waals surface area contributed by atoms with Gasteiger partial charge in [-0.1, -0.05) is 112 Å². The Morgan fingerprint density at radius 2 is 1.47 bits per heavy atom. The number of ether oxygens (including phenoxy) is 1. The zero-order chi connectivity index (χ0) is 45.8. The molecule has 10 nitrogen and oxygen atoms in total. The summed E-state index contributed by atoms with van der Waals surface area (Å²) in [6, 6.07) is 8.43. The number of aldehydes is 1. The molecule has 0 aliphatic carbocycles. The molecule has 0 fully saturated rings. The zero-order valence-corrected chi connectivity index (χ0v) is 39.1. The van der Waals surface area contributed by atoms with Gasteiger partial charge in [-0.2, -0.15) is 0 Å². The summed E-state index contributed by atoms with van der Waals surface area (Å²) in [5.41, 5.74) is 16.1. The molecule has 1 aromatic rings. The van der Waals surface area contributed by atoms with E-state index in [1.165, 1.54) is 42.4 Å². The van der Waals surface area contributed by atoms with Crippen molar-refractivity contribution in [3.05, 3.63) is 59.1 Å². The molecule has 0 saturated heterocycles. The molecule has 3 amide bonds. The lowest BCUT2D eigenvalue weighted by molar-refractivity contribution is -0.144. The van der Waals surface area contributed by atoms with Crippen molar-refractivity contribution in [3.8, 4) is 0 Å². The van der Waals surface area contributed by atoms with Crippen LogP contribution in [0.15, 0.2) is 53.0 Å². The Morgan fingerprint density at radius 3 is 1.88 bits per heavy atom. The predicted molar refractivity (Wildman–Crippen MR) is 242 cm³/mol. The SMILES string of the molecule is C=C=C(CCC(N)=O)NCC(C)(C)OC(C)(C)CC(=O)NC(C=O)C(C)(C)C.CC.CC.CC=N/C(C)=C(\C)c1ccc(CC(C)CCCC)cc1.CF.NC=O. The van der Waals surface area contributed by atoms with E-state index in [9.17, 15) is 18.8 Å². The van der Waals surface area contributed by atoms with Gasteiger partial charge in [-0.3, -0.25) is 23.8 Å². The summed E-state index contributed by atoms with van der Waals surface area (Å²) in [5, 5.41) is 5.93. The molecule has 0 spiro atoms. The summed E-state index contributed by atoms with van der Waals surface area (Å²) in [6.07, 6.45) is 8.78. The number of hydrogen-bond acceptors (Lipinski definition) is 7. The molecule has 6 N–H and O–H groups in total. The summed E-state index contributed by atoms with van der Waals surface area (Å²) < 4.78 is 15.7. The first kappa shape index (κ1) is 62.1. The van der Waals surface area contributed by atoms with Crippen LogP contribution in [0.25, 0.3) is 5.57 Å². The molecule has 2 atom stereocenters. The summed E-state index contributed by atoms with van der Waals surface area (Å²) >= 11 is 0. The third-order valence-corrected chi connectivity index (χ3v) is 7.97. The zero-order valence-electron chi connectivity index (χ0n) is 39.1. The number of unbranched alkanes of at least 4 members (excludes halogenated alkanes) is 1. The molecule has 1 aromatic carbocycles. The molecule has 0 heterocycles. The first-order chi connectivity index (χ1) is 26.6. The Labute approximate surface area is 348 Å². The maximum atomic E-state index is 12.4. The third-order valence-electron chi connectivity index (χ3n) is 7.97. The molecule has 0 radical (unpaired) electrons. The van der Waals surface area contributed by atoms with Crippen LogP contribution >= 0.6 is 0 Å². The van der Waals surface area contributed by atoms with E-state index >= 15 is 0 Å². The van der Waals surface area contributed by atoms with Crippen molar-refractivity contribution < 1.29 is 28.3 Å². The lowest BCUT2D eigenvalue weighted by Gasteiger charge is -2.37. The van der Waals surface area contributed by atoms with Gasteiger partial charge in [0, 0.05) is 31.3 Å². The smallest absolute Gasteiger partial charge is 0.223 e. The highest BCUT2D eigenvalue weighted by atomic mass is 19.1. The molecule has 0 aliphatic rings. The van der Waals surface area contributed by atoms with Crippen LogP contribution in [0.3, 0.4) is 0 Å². The fourth-order valence-electron chi connectivity index (χ4n) is 5.14. The average molecular weight is 806 g/mol. The summed E-state index contributed by atoms with van der Waals surface area (Å²) in [5.74, 6) is 0.152. The van der Waals surface area contributed by atoms with Gasteiger partial charge >= 0.3 is 0 Å². The van der Waals surface area contributed by atoms with Crippen molar-refractivity contribution in [1.29, 1.82) is 0 Å². The Hall–Kier alpha value is -4.08. The van der Waals surface area contributed by atoms with Gasteiger partial charge in [-0.05, 0) is 82.9 Å². The lowest BCUT2D eigenvalue weighted by Crippen LogP contribution is -2.49. The summed E-state index contributed by atoms with van der Waals surface area (Å²) in [4.78, 5) is 47.5. The number of amides is 3. The van der Waals surface area contributed by atoms with Crippen molar-refractivity contribution in [2.75, 3.05) is 13.7 Å². The molecular formula is C46H84FN5O5. The van der Waals surface area contributed by atoms with E-state index in [-0.39, 0.29) is 36.5 Å². The Bertz CT molecular complexity index is 1330. The molecule has 1 rings (SSSR count). The third kappa shape index (κ3) is 34.9. The predicted octanol–water partition coefficient (Wildman–Crippen LogP) is 9.84. The number of nitrogens with one attached hydrogen (secondary N) is 2. The number of allylic oxidation sites excluding steroid dienone is 3. The van der Waals surface area contributed by atoms with E-state index in [4.69, 9.17) is 15.3 Å². The number of halogens is 1. The van der Waals surface area contributed by atoms with Gasteiger partial charge in [-0.15, -0.1) is 5.73 Å². The van der Waals surface area contributed by atoms with E-state index in [0.29, 0.717) is 25.8 Å². The molecule has 330 valence electrons. The average Bonchev–Trinajstić information content (AvgIpc) is 3.15. The van der Waals surface area contributed by atoms with Crippen LogP contribution in [0, 0.1) is 11.3 Å². The van der Waals surface area contributed by atoms with Crippen LogP contribution in [0.1, 0.15) is 160 Å². The minimum absolute atomic E-state index is 0.114. The van der Waals surface area contributed by atoms with Crippen LogP contribution in [0.5, 0.6) is 0 Å². The molecule has 0 bridgehead atoms. The largest absolute Gasteiger partial charge is 0.379 e. The summed E-state index contributed by atoms with van der Waals surface area (Å²) in [7, 11) is 0.500. The van der Waals surface area contributed by atoms with Gasteiger partial charge in [-0.25, -0.2) is 0 Å². The van der Waals surface area contributed by atoms with Crippen molar-refractivity contribution in [3.63, 3.8) is 0 Å². The van der Waals surface area contributed by atoms with Gasteiger partial charge in [0.1, 0.15) is 6.29 Å². The second-order valence-corrected chi connectivity index (χ2v) is 15.2. The molecule has 0 aliphatic heterocycles. The van der Waals surface area contributed by atoms with Crippen LogP contribution < -0.4 is 22.1 Å². The van der Waals surface area contributed by atoms with E-state index in [0.717, 1.165) is 17.9 Å². The monoisotopic (exact) mass is 806 g/mol. The fraction of sp³-hybridized carbons (Fsp3) is 0.652. The number of nitrogens with zero attached hydrogens (tertiary/aromatic N) is 1. The van der Waals surface area contributed by atoms with Gasteiger partial charge in [0.25, 0.3) is 0 Å². The second-order valence-electron chi connectivity index (χ2n) is 15.2. The quantitative estimate of drug-likeness (QED) is 0.0617. The standard InChI is InChI=1S/C21H37N3O4.C19H29N.2C2H6.CH3F.CH3NO/c1-9-15(10-11-17(22)26)23-14-21(7,8)28-20(5,6)12-18(27)24-16(13-25)19(2,3)4;1-6-8-9-15(3)14-18-10-12-19(13-11-18)16(4)17(5)20-7-2;3*1-2;2-1-3/h13,16,23H,1,10-12,14H2,2-8H3,(H2,22,26)(H,24,27);7,10-13,15H,6,8-9,14H2,1-5H3;2*1-2H3;1H3;1H,(H2,2,3)/b;17-16+,20-7?;;;;. The van der Waals surface area contributed by atoms with Crippen LogP contribution in [0.2, 0.25) is 0 Å². The van der Waals surface area contributed by atoms with E-state index in [1.54, 1.807) is 0 Å². The van der Waals surface area contributed by atoms with Crippen LogP contribution in [-0.4, -0.2) is 61.7 Å². The number of aliphatic imine (C=N–C) groups is 1. The number of carbonyl (C=O) groups is 4. The van der Waals surface area contributed by atoms with Gasteiger partial charge in [0.2, 0.25) is 18.2 Å². The first-order valence-electron chi connectivity index (χ1n) is 20.3. The summed E-state index contributed by atoms with van der Waals surface area (Å²) in [6.45, 7) is 36.0. The van der Waals surface area contributed by atoms with E-state index in [2.05, 4.69) is 85.6 Å². The van der Waals surface area contributed by atoms with Crippen molar-refractivity contribution in [1.82, 2.24) is 10.6 Å². The number of hydrogen-bond donors (Lipinski definition) is 4. The van der Waals surface area contributed by atoms with Gasteiger partial charge in [0.05, 0.1) is 36.5 Å². The topological polar surface area (TPSA) is 166 Å². The molecule has 0 saturated carbocycles. The maximum absolute atomic E-state index is 12.4. The minimum atomic E-state index is -0.744. The highest BCUT2D eigenvalue weighted by molar-refractivity contribution is 5.80. The van der Waals surface area contributed by atoms with Crippen molar-refractivity contribution in [2.45, 2.75) is 173 Å². The second kappa shape index (κ2) is 36.3. The highest BCUT2D eigenvalue weighted by Crippen LogP contribution is 2.25. The fourth-order valence-corrected chi connectivity index (χ4v) is 5.14. The number of carbonyl (C=O) groups excluding carboxylic acids is 4. The normalized spacial score (nSPS) is 12.1. The number of benzene rings is 1. The van der Waals surface area contributed by atoms with E-state index in [1.807, 2.05) is 89.3 Å². The molecule has 2 unspecified atom stereocenters. The number of rotatable bonds is 19. The number of primary amides is 2. The maximum Gasteiger partial charge on any atom is 0.223 e. The highest BCUT2D eigenvalue weighted by Gasteiger charge is 2.33.